The summed E-state index contributed by atoms with van der Waals surface area (Å²) in [6, 6.07) is 5.28. The molecule has 0 amide bonds. The van der Waals surface area contributed by atoms with Crippen LogP contribution in [0.15, 0.2) is 18.2 Å². The Balaban J connectivity index is 2.07. The highest BCUT2D eigenvalue weighted by Gasteiger charge is 2.43. The van der Waals surface area contributed by atoms with E-state index in [9.17, 15) is 4.39 Å². The average Bonchev–Trinajstić information content (AvgIpc) is 2.53. The third-order valence-corrected chi connectivity index (χ3v) is 4.14. The van der Waals surface area contributed by atoms with Gasteiger partial charge in [0.15, 0.2) is 0 Å². The van der Waals surface area contributed by atoms with Gasteiger partial charge < -0.3 is 5.32 Å². The molecule has 1 spiro atoms. The van der Waals surface area contributed by atoms with Gasteiger partial charge in [-0.2, -0.15) is 0 Å². The number of rotatable bonds is 0. The number of nitrogens with zero attached hydrogens (tertiary/aromatic N) is 1. The molecule has 0 saturated carbocycles. The van der Waals surface area contributed by atoms with Crippen LogP contribution in [-0.4, -0.2) is 25.0 Å². The Morgan fingerprint density at radius 1 is 1.31 bits per heavy atom. The second kappa shape index (κ2) is 3.54. The highest BCUT2D eigenvalue weighted by atomic mass is 19.1. The highest BCUT2D eigenvalue weighted by Crippen LogP contribution is 2.44. The smallest absolute Gasteiger partial charge is 0.123 e. The van der Waals surface area contributed by atoms with Gasteiger partial charge in [-0.25, -0.2) is 4.39 Å². The van der Waals surface area contributed by atoms with Crippen molar-refractivity contribution in [2.24, 2.45) is 0 Å². The summed E-state index contributed by atoms with van der Waals surface area (Å²) in [5, 5.41) is 3.40. The lowest BCUT2D eigenvalue weighted by molar-refractivity contribution is 0.0966. The molecular formula is C13H17FN2. The van der Waals surface area contributed by atoms with E-state index in [1.54, 1.807) is 12.1 Å². The maximum absolute atomic E-state index is 13.2. The predicted molar refractivity (Wildman–Crippen MR) is 61.6 cm³/mol. The van der Waals surface area contributed by atoms with Crippen molar-refractivity contribution in [3.05, 3.63) is 35.1 Å². The molecule has 86 valence electrons. The van der Waals surface area contributed by atoms with Crippen molar-refractivity contribution in [1.82, 2.24) is 10.2 Å². The van der Waals surface area contributed by atoms with Gasteiger partial charge in [-0.15, -0.1) is 0 Å². The molecule has 0 unspecified atom stereocenters. The maximum Gasteiger partial charge on any atom is 0.123 e. The average molecular weight is 220 g/mol. The van der Waals surface area contributed by atoms with Gasteiger partial charge in [-0.05, 0) is 56.2 Å². The van der Waals surface area contributed by atoms with E-state index in [0.29, 0.717) is 0 Å². The van der Waals surface area contributed by atoms with Gasteiger partial charge in [0.1, 0.15) is 5.82 Å². The Kier molecular flexibility index (Phi) is 2.26. The van der Waals surface area contributed by atoms with Crippen LogP contribution in [0.4, 0.5) is 4.39 Å². The molecule has 16 heavy (non-hydrogen) atoms. The molecule has 1 aromatic carbocycles. The fourth-order valence-electron chi connectivity index (χ4n) is 3.25. The zero-order valence-corrected chi connectivity index (χ0v) is 9.59. The lowest BCUT2D eigenvalue weighted by atomic mass is 9.81. The number of hydrogen-bond acceptors (Lipinski definition) is 2. The molecule has 0 aromatic heterocycles. The number of hydrogen-bond donors (Lipinski definition) is 1. The van der Waals surface area contributed by atoms with E-state index in [2.05, 4.69) is 17.3 Å². The molecule has 1 fully saturated rings. The minimum Gasteiger partial charge on any atom is -0.317 e. The fraction of sp³-hybridized carbons (Fsp3) is 0.538. The summed E-state index contributed by atoms with van der Waals surface area (Å²) in [6.07, 6.45) is 2.25. The molecule has 3 heteroatoms. The molecule has 2 heterocycles. The monoisotopic (exact) mass is 220 g/mol. The first-order valence-corrected chi connectivity index (χ1v) is 5.93. The topological polar surface area (TPSA) is 15.3 Å². The predicted octanol–water partition coefficient (Wildman–Crippen LogP) is 1.85. The maximum atomic E-state index is 13.2. The van der Waals surface area contributed by atoms with E-state index in [-0.39, 0.29) is 11.4 Å². The third kappa shape index (κ3) is 1.31. The van der Waals surface area contributed by atoms with Crippen molar-refractivity contribution in [2.45, 2.75) is 24.9 Å². The highest BCUT2D eigenvalue weighted by molar-refractivity contribution is 5.39. The lowest BCUT2D eigenvalue weighted by Gasteiger charge is -2.40. The van der Waals surface area contributed by atoms with Gasteiger partial charge in [0.05, 0.1) is 0 Å². The van der Waals surface area contributed by atoms with Gasteiger partial charge in [0.2, 0.25) is 0 Å². The second-order valence-corrected chi connectivity index (χ2v) is 4.94. The number of nitrogens with one attached hydrogen (secondary N) is 1. The Labute approximate surface area is 95.4 Å². The molecular weight excluding hydrogens is 203 g/mol. The van der Waals surface area contributed by atoms with E-state index in [0.717, 1.165) is 32.5 Å². The molecule has 2 aliphatic heterocycles. The first kappa shape index (κ1) is 10.2. The largest absolute Gasteiger partial charge is 0.317 e. The number of benzene rings is 1. The lowest BCUT2D eigenvalue weighted by Crippen LogP contribution is -2.46. The van der Waals surface area contributed by atoms with Crippen molar-refractivity contribution in [1.29, 1.82) is 0 Å². The van der Waals surface area contributed by atoms with Gasteiger partial charge >= 0.3 is 0 Å². The van der Waals surface area contributed by atoms with Gasteiger partial charge in [0, 0.05) is 12.1 Å². The van der Waals surface area contributed by atoms with Crippen LogP contribution >= 0.6 is 0 Å². The molecule has 0 atom stereocenters. The minimum atomic E-state index is -0.113. The van der Waals surface area contributed by atoms with Gasteiger partial charge in [-0.1, -0.05) is 6.07 Å². The Hall–Kier alpha value is -0.930. The van der Waals surface area contributed by atoms with Crippen LogP contribution in [0.25, 0.3) is 0 Å². The molecule has 0 bridgehead atoms. The second-order valence-electron chi connectivity index (χ2n) is 4.94. The van der Waals surface area contributed by atoms with E-state index in [4.69, 9.17) is 0 Å². The van der Waals surface area contributed by atoms with E-state index in [1.807, 2.05) is 6.07 Å². The summed E-state index contributed by atoms with van der Waals surface area (Å²) < 4.78 is 13.2. The number of halogens is 1. The molecule has 1 N–H and O–H groups in total. The summed E-state index contributed by atoms with van der Waals surface area (Å²) >= 11 is 0. The van der Waals surface area contributed by atoms with Crippen LogP contribution in [0.2, 0.25) is 0 Å². The van der Waals surface area contributed by atoms with E-state index in [1.165, 1.54) is 11.1 Å². The molecule has 0 aliphatic carbocycles. The molecule has 0 radical (unpaired) electrons. The summed E-state index contributed by atoms with van der Waals surface area (Å²) in [5.74, 6) is -0.113. The van der Waals surface area contributed by atoms with Crippen LogP contribution in [0.5, 0.6) is 0 Å². The normalized spacial score (nSPS) is 23.6. The van der Waals surface area contributed by atoms with E-state index < -0.39 is 0 Å². The number of fused-ring (bicyclic) bond motifs is 2. The first-order valence-electron chi connectivity index (χ1n) is 5.93. The number of piperidine rings is 1. The first-order chi connectivity index (χ1) is 7.72. The zero-order chi connectivity index (χ0) is 11.2. The van der Waals surface area contributed by atoms with Crippen molar-refractivity contribution in [3.63, 3.8) is 0 Å². The van der Waals surface area contributed by atoms with Crippen molar-refractivity contribution in [3.8, 4) is 0 Å². The van der Waals surface area contributed by atoms with Crippen molar-refractivity contribution < 1.29 is 4.39 Å². The SMILES string of the molecule is CN1Cc2cc(F)ccc2C12CCNCC2. The van der Waals surface area contributed by atoms with E-state index >= 15 is 0 Å². The summed E-state index contributed by atoms with van der Waals surface area (Å²) in [4.78, 5) is 2.39. The van der Waals surface area contributed by atoms with Crippen molar-refractivity contribution in [2.75, 3.05) is 20.1 Å². The molecule has 2 aliphatic rings. The van der Waals surface area contributed by atoms with Gasteiger partial charge in [0.25, 0.3) is 0 Å². The Morgan fingerprint density at radius 3 is 2.81 bits per heavy atom. The van der Waals surface area contributed by atoms with Crippen LogP contribution in [-0.2, 0) is 12.1 Å². The molecule has 2 nitrogen and oxygen atoms in total. The quantitative estimate of drug-likeness (QED) is 0.718. The summed E-state index contributed by atoms with van der Waals surface area (Å²) in [7, 11) is 2.16. The Morgan fingerprint density at radius 2 is 2.06 bits per heavy atom. The van der Waals surface area contributed by atoms with Crippen LogP contribution in [0.3, 0.4) is 0 Å². The molecule has 1 aromatic rings. The summed E-state index contributed by atoms with van der Waals surface area (Å²) in [5.41, 5.74) is 2.68. The van der Waals surface area contributed by atoms with Crippen LogP contribution in [0, 0.1) is 5.82 Å². The fourth-order valence-corrected chi connectivity index (χ4v) is 3.25. The van der Waals surface area contributed by atoms with Crippen LogP contribution in [0.1, 0.15) is 24.0 Å². The van der Waals surface area contributed by atoms with Gasteiger partial charge in [-0.3, -0.25) is 4.90 Å². The van der Waals surface area contributed by atoms with Crippen LogP contribution < -0.4 is 5.32 Å². The zero-order valence-electron chi connectivity index (χ0n) is 9.59. The Bertz CT molecular complexity index is 410. The molecule has 1 saturated heterocycles. The van der Waals surface area contributed by atoms with Crippen molar-refractivity contribution >= 4 is 0 Å². The third-order valence-electron chi connectivity index (χ3n) is 4.14. The molecule has 3 rings (SSSR count). The summed E-state index contributed by atoms with van der Waals surface area (Å²) in [6.45, 7) is 3.00. The standard InChI is InChI=1S/C13H17FN2/c1-16-9-10-8-11(14)2-3-12(10)13(16)4-6-15-7-5-13/h2-3,8,15H,4-7,9H2,1H3. The minimum absolute atomic E-state index is 0.113.